The maximum atomic E-state index is 13.8. The van der Waals surface area contributed by atoms with Gasteiger partial charge in [0.1, 0.15) is 5.75 Å². The van der Waals surface area contributed by atoms with Gasteiger partial charge in [0.05, 0.1) is 54.7 Å². The molecule has 0 amide bonds. The van der Waals surface area contributed by atoms with Gasteiger partial charge in [0.25, 0.3) is 0 Å². The van der Waals surface area contributed by atoms with Gasteiger partial charge in [0.15, 0.2) is 0 Å². The molecule has 8 rings (SSSR count). The zero-order valence-corrected chi connectivity index (χ0v) is 46.8. The lowest BCUT2D eigenvalue weighted by Crippen LogP contribution is -2.66. The van der Waals surface area contributed by atoms with Gasteiger partial charge in [0, 0.05) is 43.0 Å². The minimum Gasteiger partial charge on any atom is -0.508 e. The van der Waals surface area contributed by atoms with Gasteiger partial charge in [0.2, 0.25) is 0 Å². The van der Waals surface area contributed by atoms with E-state index in [1.165, 1.54) is 12.8 Å². The number of carboxylic acid groups (broad SMARTS) is 2. The molecule has 4 aliphatic heterocycles. The number of carbonyl (C=O) groups is 2. The van der Waals surface area contributed by atoms with Crippen LogP contribution in [0.2, 0.25) is 0 Å². The Bertz CT molecular complexity index is 2610. The predicted octanol–water partition coefficient (Wildman–Crippen LogP) is 7.18. The van der Waals surface area contributed by atoms with Crippen LogP contribution < -0.4 is 10.6 Å². The summed E-state index contributed by atoms with van der Waals surface area (Å²) in [7, 11) is 0. The summed E-state index contributed by atoms with van der Waals surface area (Å²) in [5.74, 6) is 4.50. The van der Waals surface area contributed by atoms with E-state index in [2.05, 4.69) is 40.7 Å². The first-order valence-corrected chi connectivity index (χ1v) is 29.4. The Labute approximate surface area is 468 Å². The van der Waals surface area contributed by atoms with Crippen molar-refractivity contribution in [3.63, 3.8) is 0 Å². The van der Waals surface area contributed by atoms with Crippen molar-refractivity contribution in [2.45, 2.75) is 222 Å². The second kappa shape index (κ2) is 28.7. The number of aryl methyl sites for hydroxylation is 2. The normalized spacial score (nSPS) is 27.3. The molecule has 1 saturated carbocycles. The van der Waals surface area contributed by atoms with E-state index < -0.39 is 84.1 Å². The minimum absolute atomic E-state index is 0.0483. The summed E-state index contributed by atoms with van der Waals surface area (Å²) < 4.78 is 0. The van der Waals surface area contributed by atoms with E-state index in [-0.39, 0.29) is 76.0 Å². The van der Waals surface area contributed by atoms with E-state index >= 15 is 0 Å². The van der Waals surface area contributed by atoms with Crippen LogP contribution in [0.3, 0.4) is 0 Å². The smallest absolute Gasteiger partial charge is 0.303 e. The average molecular weight is 1090 g/mol. The largest absolute Gasteiger partial charge is 0.508 e. The number of benzene rings is 3. The van der Waals surface area contributed by atoms with Crippen molar-refractivity contribution in [2.75, 3.05) is 6.61 Å². The van der Waals surface area contributed by atoms with Gasteiger partial charge >= 0.3 is 11.9 Å². The Morgan fingerprint density at radius 2 is 1.66 bits per heavy atom. The van der Waals surface area contributed by atoms with E-state index in [0.717, 1.165) is 47.9 Å². The number of rotatable bonds is 19. The van der Waals surface area contributed by atoms with E-state index in [9.17, 15) is 60.7 Å². The van der Waals surface area contributed by atoms with E-state index in [1.54, 1.807) is 37.3 Å². The molecule has 1 saturated heterocycles. The fourth-order valence-corrected chi connectivity index (χ4v) is 13.4. The number of carboxylic acids is 2. The molecule has 12 unspecified atom stereocenters. The molecule has 3 aromatic carbocycles. The van der Waals surface area contributed by atoms with Crippen molar-refractivity contribution in [1.29, 1.82) is 0 Å². The number of fused-ring (bicyclic) bond motifs is 6. The maximum absolute atomic E-state index is 13.8. The number of unbranched alkanes of at least 4 members (excludes halogenated alkanes) is 1. The Morgan fingerprint density at radius 3 is 2.37 bits per heavy atom. The summed E-state index contributed by atoms with van der Waals surface area (Å²) >= 11 is 0. The number of phenolic OH excluding ortho intramolecular Hbond substituents is 1. The first-order chi connectivity index (χ1) is 37.8. The highest BCUT2D eigenvalue weighted by Crippen LogP contribution is 2.41. The highest BCUT2D eigenvalue weighted by atomic mass is 16.4. The van der Waals surface area contributed by atoms with Gasteiger partial charge in [-0.05, 0) is 165 Å². The Morgan fingerprint density at radius 1 is 0.899 bits per heavy atom. The minimum atomic E-state index is -1.71. The lowest BCUT2D eigenvalue weighted by atomic mass is 9.69. The maximum Gasteiger partial charge on any atom is 0.303 e. The molecule has 0 aromatic heterocycles. The van der Waals surface area contributed by atoms with Crippen LogP contribution in [0.4, 0.5) is 0 Å². The Hall–Kier alpha value is -4.92. The Balaban J connectivity index is 1.55. The third kappa shape index (κ3) is 16.6. The third-order valence-corrected chi connectivity index (χ3v) is 18.0. The zero-order valence-electron chi connectivity index (χ0n) is 46.8. The van der Waals surface area contributed by atoms with Crippen LogP contribution in [0.25, 0.3) is 0 Å². The van der Waals surface area contributed by atoms with E-state index in [4.69, 9.17) is 0 Å². The number of aromatic hydroxyl groups is 1. The van der Waals surface area contributed by atoms with Crippen LogP contribution in [-0.4, -0.2) is 129 Å². The molecule has 6 bridgehead atoms. The van der Waals surface area contributed by atoms with Crippen LogP contribution in [-0.2, 0) is 48.1 Å². The SMILES string of the molecule is CCCCC(O)C(O)C=CC1=C(CC(O)CO)C2CCC(O)C3NC(C)CCC(C(O)Cc4ccc(cc4CCC(=O)O)CC(C(C)(O)Cc4ccc(O)cc4)(CC#Cc4c(cccc4CC4CCCC4)CC1)N2)C3CC(=O)O. The van der Waals surface area contributed by atoms with Gasteiger partial charge in [-0.1, -0.05) is 118 Å². The van der Waals surface area contributed by atoms with Gasteiger partial charge in [-0.25, -0.2) is 0 Å². The second-order valence-corrected chi connectivity index (χ2v) is 24.0. The molecule has 0 spiro atoms. The summed E-state index contributed by atoms with van der Waals surface area (Å²) in [5.41, 5.74) is 4.10. The molecular weight excluding hydrogens is 1000 g/mol. The summed E-state index contributed by atoms with van der Waals surface area (Å²) in [6.07, 6.45) is 7.04. The number of aliphatic hydroxyl groups is 7. The molecule has 4 heterocycles. The Kier molecular flexibility index (Phi) is 22.4. The van der Waals surface area contributed by atoms with Gasteiger partial charge < -0.3 is 61.7 Å². The monoisotopic (exact) mass is 1090 g/mol. The number of nitrogens with one attached hydrogen (secondary N) is 2. The molecule has 432 valence electrons. The molecule has 14 heteroatoms. The molecule has 79 heavy (non-hydrogen) atoms. The summed E-state index contributed by atoms with van der Waals surface area (Å²) in [4.78, 5) is 25.2. The molecule has 0 radical (unpaired) electrons. The van der Waals surface area contributed by atoms with Gasteiger partial charge in [-0.2, -0.15) is 0 Å². The van der Waals surface area contributed by atoms with E-state index in [1.807, 2.05) is 38.1 Å². The van der Waals surface area contributed by atoms with Crippen LogP contribution in [0, 0.1) is 29.6 Å². The van der Waals surface area contributed by atoms with Crippen molar-refractivity contribution in [3.05, 3.63) is 123 Å². The number of hydrogen-bond donors (Lipinski definition) is 12. The number of aliphatic carboxylic acids is 2. The van der Waals surface area contributed by atoms with Crippen molar-refractivity contribution in [1.82, 2.24) is 10.6 Å². The zero-order chi connectivity index (χ0) is 56.9. The standard InChI is InChI=1S/C65H90N2O12/c1-4-5-15-57(71)58(72)29-23-46-22-21-45-12-8-13-49(33-42-10-6-7-11-42)52(45)14-9-32-65(64(3,79)38-43-18-25-50(69)26-19-43)39-44-17-20-48(47(34-44)24-31-61(75)76)35-60(74)53-27-16-41(2)66-63(55(53)37-62(77)78)59(73)30-28-56(67-65)54(46)36-51(70)40-68/h8,12-13,17-20,23,25-26,29,34,41-42,51,53,55-60,63,66-74,79H,4-7,10-11,15-16,21-22,24,27-28,30-33,35-40H2,1-3H3,(H,75,76)(H,77,78). The van der Waals surface area contributed by atoms with E-state index in [0.29, 0.717) is 72.3 Å². The highest BCUT2D eigenvalue weighted by molar-refractivity contribution is 5.67. The van der Waals surface area contributed by atoms with Crippen LogP contribution >= 0.6 is 0 Å². The molecule has 2 fully saturated rings. The molecule has 5 aliphatic rings. The highest BCUT2D eigenvalue weighted by Gasteiger charge is 2.49. The van der Waals surface area contributed by atoms with Crippen LogP contribution in [0.15, 0.2) is 84.0 Å². The van der Waals surface area contributed by atoms with Gasteiger partial charge in [-0.3, -0.25) is 9.59 Å². The number of allylic oxidation sites excluding steroid dienone is 2. The quantitative estimate of drug-likeness (QED) is 0.0531. The summed E-state index contributed by atoms with van der Waals surface area (Å²) in [6.45, 7) is 5.16. The van der Waals surface area contributed by atoms with Gasteiger partial charge in [-0.15, -0.1) is 0 Å². The summed E-state index contributed by atoms with van der Waals surface area (Å²) in [5, 5.41) is 123. The second-order valence-electron chi connectivity index (χ2n) is 24.0. The lowest BCUT2D eigenvalue weighted by molar-refractivity contribution is -0.140. The molecule has 1 aliphatic carbocycles. The number of hydrogen-bond acceptors (Lipinski definition) is 12. The first kappa shape index (κ1) is 61.7. The third-order valence-electron chi connectivity index (χ3n) is 18.0. The molecule has 14 nitrogen and oxygen atoms in total. The molecule has 3 aromatic rings. The topological polar surface area (TPSA) is 260 Å². The lowest BCUT2D eigenvalue weighted by Gasteiger charge is -2.49. The van der Waals surface area contributed by atoms with Crippen molar-refractivity contribution in [2.24, 2.45) is 17.8 Å². The molecular formula is C65H90N2O12. The first-order valence-electron chi connectivity index (χ1n) is 29.4. The summed E-state index contributed by atoms with van der Waals surface area (Å²) in [6, 6.07) is 17.0. The number of phenols is 1. The van der Waals surface area contributed by atoms with Crippen molar-refractivity contribution < 1.29 is 60.7 Å². The fraction of sp³-hybridized carbons (Fsp3) is 0.600. The van der Waals surface area contributed by atoms with Crippen molar-refractivity contribution in [3.8, 4) is 17.6 Å². The average Bonchev–Trinajstić information content (AvgIpc) is 3.92. The molecule has 12 atom stereocenters. The van der Waals surface area contributed by atoms with Crippen LogP contribution in [0.1, 0.15) is 162 Å². The number of aliphatic hydroxyl groups excluding tert-OH is 6. The molecule has 12 N–H and O–H groups in total. The van der Waals surface area contributed by atoms with Crippen molar-refractivity contribution >= 4 is 11.9 Å². The van der Waals surface area contributed by atoms with Crippen LogP contribution in [0.5, 0.6) is 5.75 Å². The predicted molar refractivity (Wildman–Crippen MR) is 305 cm³/mol. The fourth-order valence-electron chi connectivity index (χ4n) is 13.4.